The fraction of sp³-hybridized carbons (Fsp3) is 0.294. The normalized spacial score (nSPS) is 20.1. The Labute approximate surface area is 113 Å². The molecular weight excluding hydrogens is 234 g/mol. The van der Waals surface area contributed by atoms with Crippen LogP contribution in [0.3, 0.4) is 0 Å². The van der Waals surface area contributed by atoms with Crippen molar-refractivity contribution < 1.29 is 4.74 Å². The lowest BCUT2D eigenvalue weighted by molar-refractivity contribution is 0.284. The first-order chi connectivity index (χ1) is 9.42. The molecule has 0 spiro atoms. The predicted octanol–water partition coefficient (Wildman–Crippen LogP) is 3.72. The Bertz CT molecular complexity index is 595. The van der Waals surface area contributed by atoms with Gasteiger partial charge < -0.3 is 10.1 Å². The van der Waals surface area contributed by atoms with Gasteiger partial charge in [0, 0.05) is 11.3 Å². The lowest BCUT2D eigenvalue weighted by atomic mass is 9.96. The van der Waals surface area contributed by atoms with E-state index in [9.17, 15) is 0 Å². The summed E-state index contributed by atoms with van der Waals surface area (Å²) in [6.45, 7) is 0.851. The van der Waals surface area contributed by atoms with Crippen LogP contribution in [0.1, 0.15) is 29.2 Å². The molecule has 2 heterocycles. The molecule has 4 rings (SSSR count). The standard InChI is InChI=1S/C17H17NO/c1-2-9-15-13(5-1)11-16(18-15)14-8-3-6-12-7-4-10-19-17(12)14/h1-3,5-6,8-9,16,18H,4,7,10-11H2. The molecule has 0 saturated carbocycles. The van der Waals surface area contributed by atoms with Crippen molar-refractivity contribution in [3.63, 3.8) is 0 Å². The van der Waals surface area contributed by atoms with Gasteiger partial charge in [-0.2, -0.15) is 0 Å². The van der Waals surface area contributed by atoms with E-state index in [0.717, 1.165) is 31.6 Å². The lowest BCUT2D eigenvalue weighted by Crippen LogP contribution is -2.14. The minimum Gasteiger partial charge on any atom is -0.493 e. The predicted molar refractivity (Wildman–Crippen MR) is 76.8 cm³/mol. The summed E-state index contributed by atoms with van der Waals surface area (Å²) >= 11 is 0. The Hall–Kier alpha value is -1.96. The van der Waals surface area contributed by atoms with Gasteiger partial charge in [-0.25, -0.2) is 0 Å². The summed E-state index contributed by atoms with van der Waals surface area (Å²) in [7, 11) is 0. The van der Waals surface area contributed by atoms with Crippen molar-refractivity contribution in [3.05, 3.63) is 59.2 Å². The van der Waals surface area contributed by atoms with Crippen LogP contribution in [-0.4, -0.2) is 6.61 Å². The molecule has 2 aromatic rings. The van der Waals surface area contributed by atoms with Crippen molar-refractivity contribution in [1.82, 2.24) is 0 Å². The van der Waals surface area contributed by atoms with Crippen molar-refractivity contribution >= 4 is 5.69 Å². The van der Waals surface area contributed by atoms with Crippen LogP contribution in [0.5, 0.6) is 5.75 Å². The molecule has 2 nitrogen and oxygen atoms in total. The summed E-state index contributed by atoms with van der Waals surface area (Å²) in [5.41, 5.74) is 5.34. The number of benzene rings is 2. The van der Waals surface area contributed by atoms with Crippen molar-refractivity contribution in [1.29, 1.82) is 0 Å². The summed E-state index contributed by atoms with van der Waals surface area (Å²) < 4.78 is 5.93. The summed E-state index contributed by atoms with van der Waals surface area (Å²) in [5.74, 6) is 1.12. The van der Waals surface area contributed by atoms with E-state index in [1.165, 1.54) is 22.4 Å². The maximum absolute atomic E-state index is 5.93. The number of fused-ring (bicyclic) bond motifs is 2. The minimum atomic E-state index is 0.352. The van der Waals surface area contributed by atoms with E-state index in [4.69, 9.17) is 4.74 Å². The van der Waals surface area contributed by atoms with Gasteiger partial charge in [0.05, 0.1) is 12.6 Å². The van der Waals surface area contributed by atoms with Gasteiger partial charge in [-0.15, -0.1) is 0 Å². The highest BCUT2D eigenvalue weighted by Crippen LogP contribution is 2.40. The summed E-state index contributed by atoms with van der Waals surface area (Å²) in [4.78, 5) is 0. The van der Waals surface area contributed by atoms with Gasteiger partial charge in [0.25, 0.3) is 0 Å². The fourth-order valence-electron chi connectivity index (χ4n) is 3.17. The Morgan fingerprint density at radius 1 is 1.00 bits per heavy atom. The zero-order valence-electron chi connectivity index (χ0n) is 10.9. The highest BCUT2D eigenvalue weighted by atomic mass is 16.5. The second-order valence-corrected chi connectivity index (χ2v) is 5.35. The summed E-state index contributed by atoms with van der Waals surface area (Å²) in [5, 5.41) is 3.62. The second-order valence-electron chi connectivity index (χ2n) is 5.35. The van der Waals surface area contributed by atoms with E-state index in [2.05, 4.69) is 47.8 Å². The first kappa shape index (κ1) is 10.9. The fourth-order valence-corrected chi connectivity index (χ4v) is 3.17. The van der Waals surface area contributed by atoms with Gasteiger partial charge in [0.2, 0.25) is 0 Å². The number of nitrogens with one attached hydrogen (secondary N) is 1. The third kappa shape index (κ3) is 1.79. The van der Waals surface area contributed by atoms with Crippen LogP contribution in [0.2, 0.25) is 0 Å². The largest absolute Gasteiger partial charge is 0.493 e. The highest BCUT2D eigenvalue weighted by molar-refractivity contribution is 5.60. The summed E-state index contributed by atoms with van der Waals surface area (Å²) in [6.07, 6.45) is 3.33. The molecule has 96 valence electrons. The van der Waals surface area contributed by atoms with Crippen LogP contribution in [0.25, 0.3) is 0 Å². The number of anilines is 1. The molecule has 2 aliphatic heterocycles. The Morgan fingerprint density at radius 3 is 2.84 bits per heavy atom. The minimum absolute atomic E-state index is 0.352. The molecule has 1 unspecified atom stereocenters. The van der Waals surface area contributed by atoms with Crippen molar-refractivity contribution in [3.8, 4) is 5.75 Å². The van der Waals surface area contributed by atoms with Crippen molar-refractivity contribution in [2.45, 2.75) is 25.3 Å². The molecule has 2 aliphatic rings. The van der Waals surface area contributed by atoms with Crippen LogP contribution >= 0.6 is 0 Å². The smallest absolute Gasteiger partial charge is 0.127 e. The molecule has 0 aromatic heterocycles. The number of ether oxygens (including phenoxy) is 1. The van der Waals surface area contributed by atoms with E-state index in [1.54, 1.807) is 0 Å². The van der Waals surface area contributed by atoms with E-state index in [1.807, 2.05) is 0 Å². The zero-order valence-corrected chi connectivity index (χ0v) is 10.9. The van der Waals surface area contributed by atoms with Crippen molar-refractivity contribution in [2.24, 2.45) is 0 Å². The van der Waals surface area contributed by atoms with Crippen LogP contribution in [0, 0.1) is 0 Å². The first-order valence-electron chi connectivity index (χ1n) is 7.01. The molecule has 1 atom stereocenters. The molecule has 0 aliphatic carbocycles. The van der Waals surface area contributed by atoms with E-state index < -0.39 is 0 Å². The molecule has 2 aromatic carbocycles. The maximum atomic E-state index is 5.93. The van der Waals surface area contributed by atoms with E-state index in [0.29, 0.717) is 6.04 Å². The average molecular weight is 251 g/mol. The molecular formula is C17H17NO. The topological polar surface area (TPSA) is 21.3 Å². The molecule has 1 N–H and O–H groups in total. The molecule has 0 amide bonds. The third-order valence-electron chi connectivity index (χ3n) is 4.11. The number of rotatable bonds is 1. The third-order valence-corrected chi connectivity index (χ3v) is 4.11. The number of hydrogen-bond acceptors (Lipinski definition) is 2. The Morgan fingerprint density at radius 2 is 1.89 bits per heavy atom. The molecule has 0 fully saturated rings. The van der Waals surface area contributed by atoms with Crippen molar-refractivity contribution in [2.75, 3.05) is 11.9 Å². The van der Waals surface area contributed by atoms with Gasteiger partial charge >= 0.3 is 0 Å². The molecule has 19 heavy (non-hydrogen) atoms. The Balaban J connectivity index is 1.72. The van der Waals surface area contributed by atoms with E-state index in [-0.39, 0.29) is 0 Å². The highest BCUT2D eigenvalue weighted by Gasteiger charge is 2.26. The SMILES string of the molecule is c1ccc2c(c1)CC(c1cccc3c1OCCC3)N2. The molecule has 2 heteroatoms. The van der Waals surface area contributed by atoms with Crippen LogP contribution in [0.15, 0.2) is 42.5 Å². The van der Waals surface area contributed by atoms with E-state index >= 15 is 0 Å². The second kappa shape index (κ2) is 4.30. The van der Waals surface area contributed by atoms with Gasteiger partial charge in [-0.3, -0.25) is 0 Å². The summed E-state index contributed by atoms with van der Waals surface area (Å²) in [6, 6.07) is 15.5. The number of hydrogen-bond donors (Lipinski definition) is 1. The monoisotopic (exact) mass is 251 g/mol. The van der Waals surface area contributed by atoms with Crippen LogP contribution < -0.4 is 10.1 Å². The Kier molecular flexibility index (Phi) is 2.47. The van der Waals surface area contributed by atoms with Gasteiger partial charge in [0.1, 0.15) is 5.75 Å². The number of aryl methyl sites for hydroxylation is 1. The molecule has 0 radical (unpaired) electrons. The van der Waals surface area contributed by atoms with Crippen LogP contribution in [0.4, 0.5) is 5.69 Å². The van der Waals surface area contributed by atoms with Gasteiger partial charge in [-0.05, 0) is 36.5 Å². The zero-order chi connectivity index (χ0) is 12.7. The quantitative estimate of drug-likeness (QED) is 0.834. The molecule has 0 bridgehead atoms. The average Bonchev–Trinajstić information content (AvgIpc) is 2.90. The lowest BCUT2D eigenvalue weighted by Gasteiger charge is -2.23. The maximum Gasteiger partial charge on any atom is 0.127 e. The van der Waals surface area contributed by atoms with Gasteiger partial charge in [-0.1, -0.05) is 36.4 Å². The van der Waals surface area contributed by atoms with Crippen LogP contribution in [-0.2, 0) is 12.8 Å². The van der Waals surface area contributed by atoms with Gasteiger partial charge in [0.15, 0.2) is 0 Å². The molecule has 0 saturated heterocycles. The first-order valence-corrected chi connectivity index (χ1v) is 7.01. The number of para-hydroxylation sites is 2.